The molecule has 5 heteroatoms. The van der Waals surface area contributed by atoms with E-state index < -0.39 is 5.91 Å². The summed E-state index contributed by atoms with van der Waals surface area (Å²) in [6.07, 6.45) is 3.79. The summed E-state index contributed by atoms with van der Waals surface area (Å²) in [6.45, 7) is 6.12. The highest BCUT2D eigenvalue weighted by Crippen LogP contribution is 2.29. The van der Waals surface area contributed by atoms with Crippen LogP contribution >= 0.6 is 0 Å². The molecule has 1 aromatic heterocycles. The zero-order valence-corrected chi connectivity index (χ0v) is 18.1. The summed E-state index contributed by atoms with van der Waals surface area (Å²) in [5.74, 6) is 0.786. The normalized spacial score (nSPS) is 10.9. The van der Waals surface area contributed by atoms with Gasteiger partial charge in [0.15, 0.2) is 0 Å². The Morgan fingerprint density at radius 1 is 1.07 bits per heavy atom. The Bertz CT molecular complexity index is 1090. The molecule has 2 aromatic carbocycles. The third-order valence-electron chi connectivity index (χ3n) is 5.37. The molecule has 1 N–H and O–H groups in total. The van der Waals surface area contributed by atoms with E-state index >= 15 is 0 Å². The maximum absolute atomic E-state index is 13.4. The first kappa shape index (κ1) is 21.6. The highest BCUT2D eigenvalue weighted by molar-refractivity contribution is 6.07. The third kappa shape index (κ3) is 4.25. The van der Waals surface area contributed by atoms with Crippen molar-refractivity contribution in [2.75, 3.05) is 12.4 Å². The molecule has 0 aliphatic rings. The lowest BCUT2D eigenvalue weighted by molar-refractivity contribution is 0.102. The van der Waals surface area contributed by atoms with Gasteiger partial charge >= 0.3 is 0 Å². The summed E-state index contributed by atoms with van der Waals surface area (Å²) in [7, 11) is 1.63. The average Bonchev–Trinajstić information content (AvgIpc) is 2.77. The zero-order chi connectivity index (χ0) is 21.7. The van der Waals surface area contributed by atoms with Crippen molar-refractivity contribution in [2.45, 2.75) is 52.9 Å². The minimum atomic E-state index is -0.421. The fourth-order valence-electron chi connectivity index (χ4n) is 3.68. The van der Waals surface area contributed by atoms with Gasteiger partial charge in [-0.15, -0.1) is 0 Å². The monoisotopic (exact) mass is 407 g/mol. The van der Waals surface area contributed by atoms with Crippen molar-refractivity contribution in [2.24, 2.45) is 0 Å². The van der Waals surface area contributed by atoms with Crippen molar-refractivity contribution in [1.29, 1.82) is 0 Å². The molecule has 0 aliphatic carbocycles. The second kappa shape index (κ2) is 9.61. The lowest BCUT2D eigenvalue weighted by Gasteiger charge is -2.17. The van der Waals surface area contributed by atoms with E-state index in [4.69, 9.17) is 9.15 Å². The van der Waals surface area contributed by atoms with Gasteiger partial charge in [-0.25, -0.2) is 0 Å². The van der Waals surface area contributed by atoms with Crippen molar-refractivity contribution >= 4 is 22.6 Å². The first-order valence-corrected chi connectivity index (χ1v) is 10.6. The van der Waals surface area contributed by atoms with Gasteiger partial charge < -0.3 is 14.5 Å². The molecule has 0 aliphatic heterocycles. The van der Waals surface area contributed by atoms with Gasteiger partial charge in [-0.05, 0) is 54.7 Å². The summed E-state index contributed by atoms with van der Waals surface area (Å²) in [4.78, 5) is 26.6. The number of carbonyl (C=O) groups excluding carboxylic acids is 1. The van der Waals surface area contributed by atoms with E-state index in [1.807, 2.05) is 32.0 Å². The molecule has 3 aromatic rings. The van der Waals surface area contributed by atoms with Crippen LogP contribution in [0.25, 0.3) is 11.0 Å². The molecule has 3 rings (SSSR count). The lowest BCUT2D eigenvalue weighted by atomic mass is 10.0. The molecular weight excluding hydrogens is 378 g/mol. The van der Waals surface area contributed by atoms with Crippen LogP contribution in [0.4, 0.5) is 5.69 Å². The smallest absolute Gasteiger partial charge is 0.263 e. The first-order chi connectivity index (χ1) is 14.5. The van der Waals surface area contributed by atoms with E-state index in [1.165, 1.54) is 0 Å². The van der Waals surface area contributed by atoms with Crippen LogP contribution in [0.2, 0.25) is 0 Å². The van der Waals surface area contributed by atoms with Crippen molar-refractivity contribution in [3.8, 4) is 5.75 Å². The largest absolute Gasteiger partial charge is 0.497 e. The molecule has 0 radical (unpaired) electrons. The van der Waals surface area contributed by atoms with Gasteiger partial charge in [-0.1, -0.05) is 39.3 Å². The van der Waals surface area contributed by atoms with Crippen molar-refractivity contribution in [3.05, 3.63) is 69.1 Å². The van der Waals surface area contributed by atoms with Crippen LogP contribution in [-0.4, -0.2) is 13.0 Å². The number of hydrogen-bond acceptors (Lipinski definition) is 4. The van der Waals surface area contributed by atoms with Crippen LogP contribution in [0.5, 0.6) is 5.75 Å². The molecule has 30 heavy (non-hydrogen) atoms. The summed E-state index contributed by atoms with van der Waals surface area (Å²) in [5.41, 5.74) is 3.02. The number of carbonyl (C=O) groups is 1. The molecular formula is C25H29NO4. The summed E-state index contributed by atoms with van der Waals surface area (Å²) in [6, 6.07) is 10.9. The number of anilines is 1. The van der Waals surface area contributed by atoms with E-state index in [2.05, 4.69) is 12.2 Å². The molecule has 0 fully saturated rings. The Morgan fingerprint density at radius 3 is 2.33 bits per heavy atom. The summed E-state index contributed by atoms with van der Waals surface area (Å²) < 4.78 is 11.4. The third-order valence-corrected chi connectivity index (χ3v) is 5.37. The Labute approximate surface area is 177 Å². The SMILES string of the molecule is CCCCc1oc2ccccc2c(=O)c1C(=O)Nc1c(CC)cc(OC)cc1CC. The zero-order valence-electron chi connectivity index (χ0n) is 18.1. The van der Waals surface area contributed by atoms with Gasteiger partial charge in [0.1, 0.15) is 22.7 Å². The molecule has 0 spiro atoms. The van der Waals surface area contributed by atoms with Gasteiger partial charge in [0.25, 0.3) is 5.91 Å². The van der Waals surface area contributed by atoms with Crippen LogP contribution < -0.4 is 15.5 Å². The number of amides is 1. The Balaban J connectivity index is 2.11. The number of rotatable bonds is 8. The number of methoxy groups -OCH3 is 1. The van der Waals surface area contributed by atoms with Crippen molar-refractivity contribution in [1.82, 2.24) is 0 Å². The minimum Gasteiger partial charge on any atom is -0.497 e. The van der Waals surface area contributed by atoms with E-state index in [9.17, 15) is 9.59 Å². The van der Waals surface area contributed by atoms with Gasteiger partial charge in [-0.3, -0.25) is 9.59 Å². The fraction of sp³-hybridized carbons (Fsp3) is 0.360. The molecule has 1 heterocycles. The topological polar surface area (TPSA) is 68.5 Å². The highest BCUT2D eigenvalue weighted by atomic mass is 16.5. The van der Waals surface area contributed by atoms with E-state index in [0.717, 1.165) is 48.2 Å². The predicted octanol–water partition coefficient (Wildman–Crippen LogP) is 5.52. The molecule has 0 saturated heterocycles. The van der Waals surface area contributed by atoms with E-state index in [0.29, 0.717) is 23.2 Å². The van der Waals surface area contributed by atoms with Gasteiger partial charge in [0, 0.05) is 12.1 Å². The number of fused-ring (bicyclic) bond motifs is 1. The molecule has 1 amide bonds. The van der Waals surface area contributed by atoms with E-state index in [-0.39, 0.29) is 11.0 Å². The number of benzene rings is 2. The average molecular weight is 408 g/mol. The van der Waals surface area contributed by atoms with Crippen LogP contribution in [0.15, 0.2) is 45.6 Å². The van der Waals surface area contributed by atoms with Crippen molar-refractivity contribution in [3.63, 3.8) is 0 Å². The fourth-order valence-corrected chi connectivity index (χ4v) is 3.68. The van der Waals surface area contributed by atoms with Gasteiger partial charge in [0.05, 0.1) is 12.5 Å². The second-order valence-electron chi connectivity index (χ2n) is 7.31. The molecule has 0 unspecified atom stereocenters. The van der Waals surface area contributed by atoms with E-state index in [1.54, 1.807) is 25.3 Å². The Kier molecular flexibility index (Phi) is 6.93. The quantitative estimate of drug-likeness (QED) is 0.534. The maximum Gasteiger partial charge on any atom is 0.263 e. The van der Waals surface area contributed by atoms with Crippen LogP contribution in [0.3, 0.4) is 0 Å². The first-order valence-electron chi connectivity index (χ1n) is 10.6. The van der Waals surface area contributed by atoms with Crippen molar-refractivity contribution < 1.29 is 13.9 Å². The van der Waals surface area contributed by atoms with Crippen LogP contribution in [0, 0.1) is 0 Å². The lowest BCUT2D eigenvalue weighted by Crippen LogP contribution is -2.25. The van der Waals surface area contributed by atoms with Crippen LogP contribution in [0.1, 0.15) is 60.9 Å². The molecule has 0 bridgehead atoms. The molecule has 158 valence electrons. The van der Waals surface area contributed by atoms with Gasteiger partial charge in [-0.2, -0.15) is 0 Å². The Morgan fingerprint density at radius 2 is 1.73 bits per heavy atom. The predicted molar refractivity (Wildman–Crippen MR) is 121 cm³/mol. The minimum absolute atomic E-state index is 0.0991. The summed E-state index contributed by atoms with van der Waals surface area (Å²) in [5, 5.41) is 3.44. The molecule has 5 nitrogen and oxygen atoms in total. The standard InChI is InChI=1S/C25H29NO4/c1-5-8-12-21-22(24(27)19-11-9-10-13-20(19)30-21)25(28)26-23-16(6-2)14-18(29-4)15-17(23)7-3/h9-11,13-15H,5-8,12H2,1-4H3,(H,26,28). The Hall–Kier alpha value is -3.08. The summed E-state index contributed by atoms with van der Waals surface area (Å²) >= 11 is 0. The number of para-hydroxylation sites is 1. The second-order valence-corrected chi connectivity index (χ2v) is 7.31. The number of aryl methyl sites for hydroxylation is 3. The van der Waals surface area contributed by atoms with Crippen LogP contribution in [-0.2, 0) is 19.3 Å². The molecule has 0 saturated carbocycles. The maximum atomic E-state index is 13.4. The van der Waals surface area contributed by atoms with Gasteiger partial charge in [0.2, 0.25) is 5.43 Å². The highest BCUT2D eigenvalue weighted by Gasteiger charge is 2.22. The number of nitrogens with one attached hydrogen (secondary N) is 1. The molecule has 0 atom stereocenters. The number of hydrogen-bond donors (Lipinski definition) is 1. The number of unbranched alkanes of at least 4 members (excludes halogenated alkanes) is 1. The number of ether oxygens (including phenoxy) is 1.